The fourth-order valence-corrected chi connectivity index (χ4v) is 4.25. The Morgan fingerprint density at radius 2 is 2.15 bits per heavy atom. The van der Waals surface area contributed by atoms with Gasteiger partial charge in [-0.2, -0.15) is 0 Å². The molecule has 142 valence electrons. The van der Waals surface area contributed by atoms with Crippen molar-refractivity contribution in [3.05, 3.63) is 29.3 Å². The summed E-state index contributed by atoms with van der Waals surface area (Å²) >= 11 is 1.67. The zero-order valence-corrected chi connectivity index (χ0v) is 16.3. The number of nitrogens with one attached hydrogen (secondary N) is 1. The summed E-state index contributed by atoms with van der Waals surface area (Å²) in [7, 11) is 1.70. The average Bonchev–Trinajstić information content (AvgIpc) is 2.97. The Morgan fingerprint density at radius 1 is 1.35 bits per heavy atom. The van der Waals surface area contributed by atoms with Crippen molar-refractivity contribution in [1.82, 2.24) is 4.90 Å². The Bertz CT molecular complexity index is 659. The number of nitrogens with zero attached hydrogens (tertiary/aromatic N) is 2. The third-order valence-electron chi connectivity index (χ3n) is 4.44. The van der Waals surface area contributed by atoms with E-state index >= 15 is 0 Å². The molecular weight excluding hydrogens is 350 g/mol. The first-order valence-electron chi connectivity index (χ1n) is 9.02. The first-order chi connectivity index (χ1) is 12.7. The van der Waals surface area contributed by atoms with E-state index in [1.54, 1.807) is 31.9 Å². The van der Waals surface area contributed by atoms with Crippen LogP contribution in [0, 0.1) is 0 Å². The number of methoxy groups -OCH3 is 1. The average molecular weight is 378 g/mol. The van der Waals surface area contributed by atoms with Gasteiger partial charge in [-0.15, -0.1) is 0 Å². The van der Waals surface area contributed by atoms with E-state index in [1.807, 2.05) is 0 Å². The number of benzene rings is 1. The number of rotatable bonds is 8. The maximum Gasteiger partial charge on any atom is 0.155 e. The van der Waals surface area contributed by atoms with Gasteiger partial charge < -0.3 is 19.7 Å². The van der Waals surface area contributed by atoms with Crippen molar-refractivity contribution in [2.24, 2.45) is 0 Å². The number of carbonyl (C=O) groups is 1. The van der Waals surface area contributed by atoms with Gasteiger partial charge in [-0.05, 0) is 25.1 Å². The second-order valence-electron chi connectivity index (χ2n) is 6.40. The monoisotopic (exact) mass is 377 g/mol. The molecule has 2 aliphatic heterocycles. The van der Waals surface area contributed by atoms with Gasteiger partial charge in [-0.25, -0.2) is 0 Å². The number of allylic oxidation sites excluding steroid dienone is 1. The minimum Gasteiger partial charge on any atom is -0.383 e. The van der Waals surface area contributed by atoms with E-state index in [-0.39, 0.29) is 5.78 Å². The molecule has 1 aromatic carbocycles. The van der Waals surface area contributed by atoms with E-state index in [1.165, 1.54) is 4.90 Å². The summed E-state index contributed by atoms with van der Waals surface area (Å²) in [6.45, 7) is 8.41. The van der Waals surface area contributed by atoms with Gasteiger partial charge in [0, 0.05) is 56.5 Å². The number of carbonyl (C=O) groups excluding carboxylic acids is 1. The number of anilines is 2. The van der Waals surface area contributed by atoms with Crippen LogP contribution in [0.2, 0.25) is 0 Å². The smallest absolute Gasteiger partial charge is 0.155 e. The van der Waals surface area contributed by atoms with Gasteiger partial charge in [-0.1, -0.05) is 11.8 Å². The molecule has 3 rings (SSSR count). The Labute approximate surface area is 159 Å². The normalized spacial score (nSPS) is 19.0. The standard InChI is InChI=1S/C19H27N3O3S/c1-15(23)13-19-22(7-6-21-8-11-25-12-9-21)17-14-16(20-5-10-24-2)3-4-18(17)26-19/h3-4,13-14,20H,5-12H2,1-2H3/b19-13-. The summed E-state index contributed by atoms with van der Waals surface area (Å²) in [6, 6.07) is 6.37. The maximum atomic E-state index is 11.7. The van der Waals surface area contributed by atoms with Gasteiger partial charge in [-0.3, -0.25) is 9.69 Å². The molecule has 0 aromatic heterocycles. The molecule has 0 saturated carbocycles. The molecule has 0 spiro atoms. The van der Waals surface area contributed by atoms with Crippen LogP contribution in [0.15, 0.2) is 34.2 Å². The number of fused-ring (bicyclic) bond motifs is 1. The van der Waals surface area contributed by atoms with Gasteiger partial charge in [0.15, 0.2) is 5.78 Å². The van der Waals surface area contributed by atoms with Gasteiger partial charge in [0.05, 0.1) is 30.5 Å². The zero-order chi connectivity index (χ0) is 18.4. The summed E-state index contributed by atoms with van der Waals surface area (Å²) < 4.78 is 10.5. The van der Waals surface area contributed by atoms with Crippen molar-refractivity contribution in [3.63, 3.8) is 0 Å². The van der Waals surface area contributed by atoms with Crippen LogP contribution in [0.5, 0.6) is 0 Å². The second-order valence-corrected chi connectivity index (χ2v) is 7.47. The molecule has 1 N–H and O–H groups in total. The second kappa shape index (κ2) is 9.41. The summed E-state index contributed by atoms with van der Waals surface area (Å²) in [5.41, 5.74) is 2.24. The van der Waals surface area contributed by atoms with E-state index in [0.29, 0.717) is 6.61 Å². The highest BCUT2D eigenvalue weighted by atomic mass is 32.2. The molecule has 6 nitrogen and oxygen atoms in total. The Balaban J connectivity index is 1.74. The van der Waals surface area contributed by atoms with Gasteiger partial charge in [0.25, 0.3) is 0 Å². The minimum atomic E-state index is 0.0788. The molecule has 7 heteroatoms. The predicted octanol–water partition coefficient (Wildman–Crippen LogP) is 2.42. The van der Waals surface area contributed by atoms with Crippen molar-refractivity contribution < 1.29 is 14.3 Å². The first-order valence-corrected chi connectivity index (χ1v) is 9.83. The van der Waals surface area contributed by atoms with Gasteiger partial charge in [0.2, 0.25) is 0 Å². The molecule has 0 amide bonds. The van der Waals surface area contributed by atoms with E-state index in [4.69, 9.17) is 9.47 Å². The largest absolute Gasteiger partial charge is 0.383 e. The quantitative estimate of drug-likeness (QED) is 0.551. The summed E-state index contributed by atoms with van der Waals surface area (Å²) in [5, 5.41) is 4.39. The van der Waals surface area contributed by atoms with E-state index in [2.05, 4.69) is 33.3 Å². The van der Waals surface area contributed by atoms with Crippen LogP contribution in [0.3, 0.4) is 0 Å². The number of hydrogen-bond donors (Lipinski definition) is 1. The van der Waals surface area contributed by atoms with Crippen LogP contribution in [-0.4, -0.2) is 70.3 Å². The molecule has 0 radical (unpaired) electrons. The van der Waals surface area contributed by atoms with Crippen molar-refractivity contribution in [2.75, 3.05) is 69.9 Å². The van der Waals surface area contributed by atoms with E-state index in [9.17, 15) is 4.79 Å². The zero-order valence-electron chi connectivity index (χ0n) is 15.5. The molecular formula is C19H27N3O3S. The highest BCUT2D eigenvalue weighted by molar-refractivity contribution is 8.03. The molecule has 0 unspecified atom stereocenters. The van der Waals surface area contributed by atoms with E-state index in [0.717, 1.165) is 62.3 Å². The SMILES string of the molecule is COCCNc1ccc2c(c1)N(CCN1CCOCC1)/C(=C/C(C)=O)S2. The Morgan fingerprint density at radius 3 is 2.88 bits per heavy atom. The summed E-state index contributed by atoms with van der Waals surface area (Å²) in [5.74, 6) is 0.0788. The highest BCUT2D eigenvalue weighted by Gasteiger charge is 2.26. The lowest BCUT2D eigenvalue weighted by Gasteiger charge is -2.29. The molecule has 2 heterocycles. The number of thioether (sulfide) groups is 1. The van der Waals surface area contributed by atoms with Crippen LogP contribution in [0.1, 0.15) is 6.92 Å². The fraction of sp³-hybridized carbons (Fsp3) is 0.526. The van der Waals surface area contributed by atoms with Gasteiger partial charge in [0.1, 0.15) is 0 Å². The third-order valence-corrected chi connectivity index (χ3v) is 5.55. The van der Waals surface area contributed by atoms with Crippen molar-refractivity contribution in [3.8, 4) is 0 Å². The molecule has 2 aliphatic rings. The molecule has 26 heavy (non-hydrogen) atoms. The Hall–Kier alpha value is -1.54. The third kappa shape index (κ3) is 5.01. The first kappa shape index (κ1) is 19.2. The fourth-order valence-electron chi connectivity index (χ4n) is 3.09. The van der Waals surface area contributed by atoms with Crippen molar-refractivity contribution >= 4 is 28.9 Å². The topological polar surface area (TPSA) is 54.0 Å². The van der Waals surface area contributed by atoms with Gasteiger partial charge >= 0.3 is 0 Å². The van der Waals surface area contributed by atoms with E-state index < -0.39 is 0 Å². The van der Waals surface area contributed by atoms with Crippen molar-refractivity contribution in [1.29, 1.82) is 0 Å². The highest BCUT2D eigenvalue weighted by Crippen LogP contribution is 2.46. The Kier molecular flexibility index (Phi) is 6.96. The molecule has 1 fully saturated rings. The summed E-state index contributed by atoms with van der Waals surface area (Å²) in [6.07, 6.45) is 1.74. The van der Waals surface area contributed by atoms with Crippen LogP contribution in [0.25, 0.3) is 0 Å². The lowest BCUT2D eigenvalue weighted by molar-refractivity contribution is -0.112. The number of morpholine rings is 1. The van der Waals surface area contributed by atoms with Crippen LogP contribution < -0.4 is 10.2 Å². The van der Waals surface area contributed by atoms with Crippen LogP contribution in [0.4, 0.5) is 11.4 Å². The number of hydrogen-bond acceptors (Lipinski definition) is 7. The number of ether oxygens (including phenoxy) is 2. The molecule has 0 atom stereocenters. The summed E-state index contributed by atoms with van der Waals surface area (Å²) in [4.78, 5) is 17.5. The molecule has 0 bridgehead atoms. The molecule has 1 aromatic rings. The van der Waals surface area contributed by atoms with Crippen LogP contribution in [-0.2, 0) is 14.3 Å². The predicted molar refractivity (Wildman–Crippen MR) is 106 cm³/mol. The van der Waals surface area contributed by atoms with Crippen LogP contribution >= 0.6 is 11.8 Å². The maximum absolute atomic E-state index is 11.7. The lowest BCUT2D eigenvalue weighted by atomic mass is 10.2. The number of ketones is 1. The lowest BCUT2D eigenvalue weighted by Crippen LogP contribution is -2.40. The van der Waals surface area contributed by atoms with Crippen molar-refractivity contribution in [2.45, 2.75) is 11.8 Å². The molecule has 1 saturated heterocycles. The molecule has 0 aliphatic carbocycles. The minimum absolute atomic E-state index is 0.0788.